The third kappa shape index (κ3) is 4.92. The van der Waals surface area contributed by atoms with E-state index >= 15 is 0 Å². The first-order chi connectivity index (χ1) is 8.45. The number of rotatable bonds is 7. The van der Waals surface area contributed by atoms with Crippen LogP contribution in [0.4, 0.5) is 0 Å². The van der Waals surface area contributed by atoms with Crippen molar-refractivity contribution in [3.8, 4) is 0 Å². The molecule has 0 aliphatic heterocycles. The summed E-state index contributed by atoms with van der Waals surface area (Å²) in [5, 5.41) is 3.35. The molecule has 1 fully saturated rings. The Kier molecular flexibility index (Phi) is 5.59. The molecule has 0 unspecified atom stereocenters. The van der Waals surface area contributed by atoms with Crippen LogP contribution in [0.3, 0.4) is 0 Å². The maximum absolute atomic E-state index is 5.86. The maximum Gasteiger partial charge on any atom is 0.117 e. The predicted molar refractivity (Wildman–Crippen MR) is 67.9 cm³/mol. The Balaban J connectivity index is 1.43. The monoisotopic (exact) mass is 237 g/mol. The van der Waals surface area contributed by atoms with E-state index in [-0.39, 0.29) is 0 Å². The largest absolute Gasteiger partial charge is 0.468 e. The summed E-state index contributed by atoms with van der Waals surface area (Å²) in [7, 11) is 0. The molecule has 0 aromatic carbocycles. The van der Waals surface area contributed by atoms with Crippen LogP contribution < -0.4 is 5.32 Å². The molecule has 2 rings (SSSR count). The highest BCUT2D eigenvalue weighted by Crippen LogP contribution is 2.20. The summed E-state index contributed by atoms with van der Waals surface area (Å²) in [6, 6.07) is 3.91. The molecule has 3 nitrogen and oxygen atoms in total. The minimum atomic E-state index is 0.536. The average molecular weight is 237 g/mol. The van der Waals surface area contributed by atoms with E-state index in [1.165, 1.54) is 32.1 Å². The molecule has 0 bridgehead atoms. The van der Waals surface area contributed by atoms with Crippen LogP contribution in [-0.4, -0.2) is 19.3 Å². The van der Waals surface area contributed by atoms with Gasteiger partial charge < -0.3 is 14.5 Å². The van der Waals surface area contributed by atoms with Crippen molar-refractivity contribution in [3.63, 3.8) is 0 Å². The van der Waals surface area contributed by atoms with E-state index in [1.54, 1.807) is 6.26 Å². The van der Waals surface area contributed by atoms with Gasteiger partial charge in [-0.1, -0.05) is 19.3 Å². The lowest BCUT2D eigenvalue weighted by atomic mass is 9.98. The highest BCUT2D eigenvalue weighted by Gasteiger charge is 2.12. The molecule has 0 amide bonds. The molecule has 1 aromatic rings. The molecule has 1 aliphatic carbocycles. The van der Waals surface area contributed by atoms with Gasteiger partial charge in [0, 0.05) is 6.61 Å². The molecule has 17 heavy (non-hydrogen) atoms. The molecule has 96 valence electrons. The van der Waals surface area contributed by atoms with E-state index in [9.17, 15) is 0 Å². The summed E-state index contributed by atoms with van der Waals surface area (Å²) in [5.41, 5.74) is 0. The van der Waals surface area contributed by atoms with Crippen LogP contribution in [0, 0.1) is 0 Å². The summed E-state index contributed by atoms with van der Waals surface area (Å²) < 4.78 is 11.1. The fourth-order valence-corrected chi connectivity index (χ4v) is 2.30. The number of furan rings is 1. The normalized spacial score (nSPS) is 17.4. The third-order valence-corrected chi connectivity index (χ3v) is 3.28. The average Bonchev–Trinajstić information content (AvgIpc) is 2.88. The Morgan fingerprint density at radius 3 is 2.94 bits per heavy atom. The van der Waals surface area contributed by atoms with E-state index in [0.29, 0.717) is 6.10 Å². The zero-order chi connectivity index (χ0) is 11.8. The van der Waals surface area contributed by atoms with Crippen LogP contribution in [0.1, 0.15) is 44.3 Å². The maximum atomic E-state index is 5.86. The second-order valence-corrected chi connectivity index (χ2v) is 4.74. The third-order valence-electron chi connectivity index (χ3n) is 3.28. The first kappa shape index (κ1) is 12.7. The molecule has 0 spiro atoms. The van der Waals surface area contributed by atoms with Crippen molar-refractivity contribution in [2.75, 3.05) is 13.2 Å². The van der Waals surface area contributed by atoms with Crippen LogP contribution >= 0.6 is 0 Å². The Hall–Kier alpha value is -0.800. The minimum Gasteiger partial charge on any atom is -0.468 e. The van der Waals surface area contributed by atoms with E-state index in [0.717, 1.165) is 31.9 Å². The molecule has 1 aliphatic rings. The summed E-state index contributed by atoms with van der Waals surface area (Å²) >= 11 is 0. The van der Waals surface area contributed by atoms with Crippen molar-refractivity contribution in [2.24, 2.45) is 0 Å². The first-order valence-corrected chi connectivity index (χ1v) is 6.80. The SMILES string of the molecule is c1coc(CNCCCOC2CCCCC2)c1. The topological polar surface area (TPSA) is 34.4 Å². The summed E-state index contributed by atoms with van der Waals surface area (Å²) in [6.45, 7) is 2.69. The van der Waals surface area contributed by atoms with E-state index < -0.39 is 0 Å². The van der Waals surface area contributed by atoms with Crippen molar-refractivity contribution < 1.29 is 9.15 Å². The number of ether oxygens (including phenoxy) is 1. The van der Waals surface area contributed by atoms with E-state index in [2.05, 4.69) is 5.32 Å². The lowest BCUT2D eigenvalue weighted by Gasteiger charge is -2.21. The van der Waals surface area contributed by atoms with Gasteiger partial charge in [0.25, 0.3) is 0 Å². The van der Waals surface area contributed by atoms with Crippen LogP contribution in [0.15, 0.2) is 22.8 Å². The minimum absolute atomic E-state index is 0.536. The molecule has 1 saturated carbocycles. The van der Waals surface area contributed by atoms with Gasteiger partial charge in [0.2, 0.25) is 0 Å². The zero-order valence-electron chi connectivity index (χ0n) is 10.5. The lowest BCUT2D eigenvalue weighted by Crippen LogP contribution is -2.20. The van der Waals surface area contributed by atoms with Crippen molar-refractivity contribution in [1.29, 1.82) is 0 Å². The Labute approximate surface area is 104 Å². The van der Waals surface area contributed by atoms with Crippen molar-refractivity contribution in [2.45, 2.75) is 51.2 Å². The van der Waals surface area contributed by atoms with Gasteiger partial charge >= 0.3 is 0 Å². The number of hydrogen-bond acceptors (Lipinski definition) is 3. The van der Waals surface area contributed by atoms with Crippen molar-refractivity contribution >= 4 is 0 Å². The molecule has 0 saturated heterocycles. The van der Waals surface area contributed by atoms with Gasteiger partial charge in [-0.3, -0.25) is 0 Å². The van der Waals surface area contributed by atoms with Gasteiger partial charge in [0.05, 0.1) is 18.9 Å². The Morgan fingerprint density at radius 2 is 2.18 bits per heavy atom. The molecule has 3 heteroatoms. The molecule has 1 heterocycles. The van der Waals surface area contributed by atoms with Crippen LogP contribution in [-0.2, 0) is 11.3 Å². The fraction of sp³-hybridized carbons (Fsp3) is 0.714. The van der Waals surface area contributed by atoms with Crippen LogP contribution in [0.2, 0.25) is 0 Å². The molecule has 0 radical (unpaired) electrons. The van der Waals surface area contributed by atoms with Crippen molar-refractivity contribution in [1.82, 2.24) is 5.32 Å². The standard InChI is InChI=1S/C14H23NO2/c1-2-6-13(7-3-1)16-11-5-9-15-12-14-8-4-10-17-14/h4,8,10,13,15H,1-3,5-7,9,11-12H2. The smallest absolute Gasteiger partial charge is 0.117 e. The van der Waals surface area contributed by atoms with Crippen LogP contribution in [0.25, 0.3) is 0 Å². The first-order valence-electron chi connectivity index (χ1n) is 6.80. The summed E-state index contributed by atoms with van der Waals surface area (Å²) in [6.07, 6.45) is 9.95. The van der Waals surface area contributed by atoms with Crippen LogP contribution in [0.5, 0.6) is 0 Å². The summed E-state index contributed by atoms with van der Waals surface area (Å²) in [4.78, 5) is 0. The molecule has 1 aromatic heterocycles. The molecule has 1 N–H and O–H groups in total. The van der Waals surface area contributed by atoms with Gasteiger partial charge in [-0.25, -0.2) is 0 Å². The van der Waals surface area contributed by atoms with Gasteiger partial charge in [-0.05, 0) is 37.9 Å². The molecule has 0 atom stereocenters. The second-order valence-electron chi connectivity index (χ2n) is 4.74. The molecular weight excluding hydrogens is 214 g/mol. The van der Waals surface area contributed by atoms with E-state index in [1.807, 2.05) is 12.1 Å². The summed E-state index contributed by atoms with van der Waals surface area (Å²) in [5.74, 6) is 0.998. The zero-order valence-corrected chi connectivity index (χ0v) is 10.5. The Morgan fingerprint density at radius 1 is 1.29 bits per heavy atom. The Bertz CT molecular complexity index is 278. The molecular formula is C14H23NO2. The lowest BCUT2D eigenvalue weighted by molar-refractivity contribution is 0.0272. The van der Waals surface area contributed by atoms with E-state index in [4.69, 9.17) is 9.15 Å². The quantitative estimate of drug-likeness (QED) is 0.740. The fourth-order valence-electron chi connectivity index (χ4n) is 2.30. The highest BCUT2D eigenvalue weighted by atomic mass is 16.5. The number of hydrogen-bond donors (Lipinski definition) is 1. The van der Waals surface area contributed by atoms with Crippen molar-refractivity contribution in [3.05, 3.63) is 24.2 Å². The number of nitrogens with one attached hydrogen (secondary N) is 1. The van der Waals surface area contributed by atoms with Gasteiger partial charge in [-0.15, -0.1) is 0 Å². The highest BCUT2D eigenvalue weighted by molar-refractivity contribution is 4.97. The predicted octanol–water partition coefficient (Wildman–Crippen LogP) is 3.11. The second kappa shape index (κ2) is 7.51. The van der Waals surface area contributed by atoms with Gasteiger partial charge in [0.1, 0.15) is 5.76 Å². The van der Waals surface area contributed by atoms with Gasteiger partial charge in [-0.2, -0.15) is 0 Å². The van der Waals surface area contributed by atoms with Gasteiger partial charge in [0.15, 0.2) is 0 Å².